The van der Waals surface area contributed by atoms with Gasteiger partial charge < -0.3 is 4.90 Å². The van der Waals surface area contributed by atoms with E-state index in [0.29, 0.717) is 32.6 Å². The van der Waals surface area contributed by atoms with Gasteiger partial charge in [0, 0.05) is 44.4 Å². The highest BCUT2D eigenvalue weighted by atomic mass is 19.3. The molecule has 0 bridgehead atoms. The number of hydrogen-bond acceptors (Lipinski definition) is 3. The summed E-state index contributed by atoms with van der Waals surface area (Å²) in [6.07, 6.45) is 3.54. The zero-order chi connectivity index (χ0) is 15.1. The van der Waals surface area contributed by atoms with Crippen molar-refractivity contribution in [2.75, 3.05) is 26.2 Å². The van der Waals surface area contributed by atoms with Crippen LogP contribution in [0.3, 0.4) is 0 Å². The molecule has 5 nitrogen and oxygen atoms in total. The fourth-order valence-corrected chi connectivity index (χ4v) is 3.66. The van der Waals surface area contributed by atoms with Gasteiger partial charge in [-0.05, 0) is 13.3 Å². The molecule has 1 aromatic heterocycles. The van der Waals surface area contributed by atoms with Gasteiger partial charge in [0.05, 0.1) is 18.2 Å². The van der Waals surface area contributed by atoms with Crippen molar-refractivity contribution in [2.45, 2.75) is 32.2 Å². The van der Waals surface area contributed by atoms with Gasteiger partial charge in [0.15, 0.2) is 0 Å². The Kier molecular flexibility index (Phi) is 3.47. The predicted molar refractivity (Wildman–Crippen MR) is 72.7 cm³/mol. The van der Waals surface area contributed by atoms with Crippen LogP contribution in [0.1, 0.15) is 25.3 Å². The molecular weight excluding hydrogens is 278 g/mol. The first-order valence-corrected chi connectivity index (χ1v) is 7.31. The van der Waals surface area contributed by atoms with Crippen molar-refractivity contribution >= 4 is 5.91 Å². The van der Waals surface area contributed by atoms with Crippen molar-refractivity contribution in [2.24, 2.45) is 5.41 Å². The number of carbonyl (C=O) groups excluding carboxylic acids is 1. The Balaban J connectivity index is 1.80. The zero-order valence-corrected chi connectivity index (χ0v) is 12.1. The Hall–Kier alpha value is -1.50. The third kappa shape index (κ3) is 2.66. The van der Waals surface area contributed by atoms with Gasteiger partial charge in [-0.2, -0.15) is 5.10 Å². The summed E-state index contributed by atoms with van der Waals surface area (Å²) in [5.74, 6) is -2.93. The van der Waals surface area contributed by atoms with Gasteiger partial charge in [-0.15, -0.1) is 0 Å². The van der Waals surface area contributed by atoms with Crippen LogP contribution in [0, 0.1) is 5.41 Å². The minimum absolute atomic E-state index is 0.110. The van der Waals surface area contributed by atoms with Crippen LogP contribution in [-0.2, 0) is 11.3 Å². The smallest absolute Gasteiger partial charge is 0.261 e. The van der Waals surface area contributed by atoms with Gasteiger partial charge >= 0.3 is 0 Å². The second kappa shape index (κ2) is 5.05. The maximum Gasteiger partial charge on any atom is 0.261 e. The quantitative estimate of drug-likeness (QED) is 0.920. The first kappa shape index (κ1) is 14.4. The summed E-state index contributed by atoms with van der Waals surface area (Å²) in [4.78, 5) is 15.9. The van der Waals surface area contributed by atoms with Gasteiger partial charge in [0.2, 0.25) is 5.91 Å². The summed E-state index contributed by atoms with van der Waals surface area (Å²) in [6.45, 7) is 3.58. The van der Waals surface area contributed by atoms with Gasteiger partial charge in [-0.25, -0.2) is 8.78 Å². The molecule has 1 unspecified atom stereocenters. The molecule has 21 heavy (non-hydrogen) atoms. The number of alkyl halides is 2. The summed E-state index contributed by atoms with van der Waals surface area (Å²) >= 11 is 0. The molecule has 2 saturated heterocycles. The number of piperidine rings is 1. The Bertz CT molecular complexity index is 519. The van der Waals surface area contributed by atoms with E-state index in [9.17, 15) is 13.6 Å². The number of carbonyl (C=O) groups is 1. The summed E-state index contributed by atoms with van der Waals surface area (Å²) in [7, 11) is 0. The summed E-state index contributed by atoms with van der Waals surface area (Å²) < 4.78 is 28.3. The molecule has 116 valence electrons. The maximum atomic E-state index is 14.1. The molecule has 1 N–H and O–H groups in total. The standard InChI is InChI=1S/C14H20F2N4O/c1-2-20-4-3-13(12(20)21)8-14(15,16)10-19(9-13)7-11-5-17-18-6-11/h5-6H,2-4,7-10H2,1H3,(H,17,18). The number of H-pyrrole nitrogens is 1. The molecule has 2 aliphatic heterocycles. The molecule has 7 heteroatoms. The van der Waals surface area contributed by atoms with E-state index >= 15 is 0 Å². The lowest BCUT2D eigenvalue weighted by molar-refractivity contribution is -0.155. The SMILES string of the molecule is CCN1CCC2(CN(Cc3cn[nH]c3)CC(F)(F)C2)C1=O. The fraction of sp³-hybridized carbons (Fsp3) is 0.714. The maximum absolute atomic E-state index is 14.1. The number of hydrogen-bond donors (Lipinski definition) is 1. The molecule has 1 spiro atoms. The van der Waals surface area contributed by atoms with Crippen LogP contribution < -0.4 is 0 Å². The van der Waals surface area contributed by atoms with Crippen LogP contribution in [0.15, 0.2) is 12.4 Å². The van der Waals surface area contributed by atoms with E-state index in [1.54, 1.807) is 22.2 Å². The number of halogens is 2. The lowest BCUT2D eigenvalue weighted by atomic mass is 9.77. The van der Waals surface area contributed by atoms with Crippen LogP contribution >= 0.6 is 0 Å². The second-order valence-electron chi connectivity index (χ2n) is 6.20. The number of amides is 1. The van der Waals surface area contributed by atoms with Crippen molar-refractivity contribution in [1.29, 1.82) is 0 Å². The third-order valence-corrected chi connectivity index (χ3v) is 4.52. The number of aromatic nitrogens is 2. The molecule has 0 aromatic carbocycles. The second-order valence-corrected chi connectivity index (χ2v) is 6.20. The molecule has 3 heterocycles. The topological polar surface area (TPSA) is 52.2 Å². The number of nitrogens with one attached hydrogen (secondary N) is 1. The Labute approximate surface area is 122 Å². The van der Waals surface area contributed by atoms with Crippen LogP contribution in [-0.4, -0.2) is 58.0 Å². The number of nitrogens with zero attached hydrogens (tertiary/aromatic N) is 3. The molecule has 0 aliphatic carbocycles. The molecule has 2 fully saturated rings. The van der Waals surface area contributed by atoms with Gasteiger partial charge in [0.1, 0.15) is 0 Å². The molecular formula is C14H20F2N4O. The van der Waals surface area contributed by atoms with E-state index in [2.05, 4.69) is 10.2 Å². The van der Waals surface area contributed by atoms with E-state index in [-0.39, 0.29) is 18.9 Å². The lowest BCUT2D eigenvalue weighted by Gasteiger charge is -2.42. The van der Waals surface area contributed by atoms with Crippen molar-refractivity contribution in [3.05, 3.63) is 18.0 Å². The summed E-state index contributed by atoms with van der Waals surface area (Å²) in [5, 5.41) is 6.53. The average Bonchev–Trinajstić information content (AvgIpc) is 2.98. The normalized spacial score (nSPS) is 29.5. The van der Waals surface area contributed by atoms with E-state index in [1.807, 2.05) is 6.92 Å². The van der Waals surface area contributed by atoms with E-state index < -0.39 is 11.3 Å². The Morgan fingerprint density at radius 3 is 2.86 bits per heavy atom. The average molecular weight is 298 g/mol. The van der Waals surface area contributed by atoms with E-state index in [4.69, 9.17) is 0 Å². The predicted octanol–water partition coefficient (Wildman–Crippen LogP) is 1.49. The third-order valence-electron chi connectivity index (χ3n) is 4.52. The number of aromatic amines is 1. The van der Waals surface area contributed by atoms with Gasteiger partial charge in [-0.3, -0.25) is 14.8 Å². The lowest BCUT2D eigenvalue weighted by Crippen LogP contribution is -2.55. The van der Waals surface area contributed by atoms with Crippen molar-refractivity contribution in [3.8, 4) is 0 Å². The minimum atomic E-state index is -2.82. The molecule has 1 aromatic rings. The molecule has 0 radical (unpaired) electrons. The molecule has 1 amide bonds. The molecule has 2 aliphatic rings. The highest BCUT2D eigenvalue weighted by Gasteiger charge is 2.56. The first-order valence-electron chi connectivity index (χ1n) is 7.31. The fourth-order valence-electron chi connectivity index (χ4n) is 3.66. The molecule has 0 saturated carbocycles. The van der Waals surface area contributed by atoms with Gasteiger partial charge in [0.25, 0.3) is 5.92 Å². The van der Waals surface area contributed by atoms with Crippen LogP contribution in [0.25, 0.3) is 0 Å². The van der Waals surface area contributed by atoms with Crippen molar-refractivity contribution in [1.82, 2.24) is 20.0 Å². The zero-order valence-electron chi connectivity index (χ0n) is 12.1. The highest BCUT2D eigenvalue weighted by molar-refractivity contribution is 5.85. The van der Waals surface area contributed by atoms with Crippen molar-refractivity contribution in [3.63, 3.8) is 0 Å². The first-order chi connectivity index (χ1) is 9.94. The van der Waals surface area contributed by atoms with E-state index in [0.717, 1.165) is 5.56 Å². The van der Waals surface area contributed by atoms with E-state index in [1.165, 1.54) is 0 Å². The molecule has 3 rings (SSSR count). The number of rotatable bonds is 3. The van der Waals surface area contributed by atoms with Gasteiger partial charge in [-0.1, -0.05) is 0 Å². The number of likely N-dealkylation sites (tertiary alicyclic amines) is 2. The summed E-state index contributed by atoms with van der Waals surface area (Å²) in [5.41, 5.74) is -0.0535. The molecule has 1 atom stereocenters. The van der Waals surface area contributed by atoms with Crippen LogP contribution in [0.4, 0.5) is 8.78 Å². The largest absolute Gasteiger partial charge is 0.342 e. The van der Waals surface area contributed by atoms with Crippen molar-refractivity contribution < 1.29 is 13.6 Å². The Morgan fingerprint density at radius 1 is 1.43 bits per heavy atom. The van der Waals surface area contributed by atoms with Crippen LogP contribution in [0.5, 0.6) is 0 Å². The minimum Gasteiger partial charge on any atom is -0.342 e. The summed E-state index contributed by atoms with van der Waals surface area (Å²) in [6, 6.07) is 0. The monoisotopic (exact) mass is 298 g/mol. The van der Waals surface area contributed by atoms with Crippen LogP contribution in [0.2, 0.25) is 0 Å². The Morgan fingerprint density at radius 2 is 2.24 bits per heavy atom. The highest BCUT2D eigenvalue weighted by Crippen LogP contribution is 2.45.